The minimum absolute atomic E-state index is 0.0139. The van der Waals surface area contributed by atoms with Crippen molar-refractivity contribution in [3.05, 3.63) is 53.4 Å². The molecule has 3 N–H and O–H groups in total. The van der Waals surface area contributed by atoms with Gasteiger partial charge < -0.3 is 25.4 Å². The molecular formula is C25H27F5N4O4. The van der Waals surface area contributed by atoms with E-state index in [0.29, 0.717) is 13.1 Å². The van der Waals surface area contributed by atoms with Crippen LogP contribution in [0.4, 0.5) is 27.6 Å². The summed E-state index contributed by atoms with van der Waals surface area (Å²) < 4.78 is 82.8. The van der Waals surface area contributed by atoms with Gasteiger partial charge in [-0.15, -0.1) is 0 Å². The van der Waals surface area contributed by atoms with Crippen LogP contribution in [0.2, 0.25) is 0 Å². The van der Waals surface area contributed by atoms with Crippen molar-refractivity contribution < 1.29 is 41.0 Å². The van der Waals surface area contributed by atoms with Crippen LogP contribution in [-0.2, 0) is 9.53 Å². The molecule has 0 radical (unpaired) electrons. The second-order valence-electron chi connectivity index (χ2n) is 9.92. The van der Waals surface area contributed by atoms with Gasteiger partial charge in [-0.2, -0.15) is 17.6 Å². The van der Waals surface area contributed by atoms with Crippen LogP contribution < -0.4 is 15.8 Å². The fourth-order valence-electron chi connectivity index (χ4n) is 4.97. The highest BCUT2D eigenvalue weighted by molar-refractivity contribution is 5.97. The average molecular weight is 543 g/mol. The summed E-state index contributed by atoms with van der Waals surface area (Å²) in [6.07, 6.45) is -5.49. The Bertz CT molecular complexity index is 1240. The van der Waals surface area contributed by atoms with E-state index in [9.17, 15) is 31.5 Å². The standard InChI is InChI=1S/C25H27F5N4O4/c1-12-18(15-4-5-16(26)19(27)20(15)37-11-13-9-34(3)10-13)21(38-24(12,2)25(28,29)30)23(36)33-14-6-7-32-17(8-14)22(31)35/h4-8,12-13,18,21H,9-11H2,1-3H3,(H2,31,35)(H,32,33,36)/t12-,18-,21+,24+/m0/s1. The van der Waals surface area contributed by atoms with Gasteiger partial charge in [0.05, 0.1) is 6.61 Å². The minimum Gasteiger partial charge on any atom is -0.490 e. The number of hydrogen-bond acceptors (Lipinski definition) is 6. The molecule has 0 spiro atoms. The summed E-state index contributed by atoms with van der Waals surface area (Å²) in [5, 5.41) is 2.41. The topological polar surface area (TPSA) is 107 Å². The van der Waals surface area contributed by atoms with Gasteiger partial charge in [0, 0.05) is 48.3 Å². The molecule has 0 bridgehead atoms. The molecule has 0 unspecified atom stereocenters. The molecule has 13 heteroatoms. The van der Waals surface area contributed by atoms with Crippen molar-refractivity contribution in [3.63, 3.8) is 0 Å². The normalized spacial score (nSPS) is 26.2. The van der Waals surface area contributed by atoms with Crippen molar-refractivity contribution >= 4 is 17.5 Å². The van der Waals surface area contributed by atoms with Gasteiger partial charge in [-0.3, -0.25) is 14.6 Å². The predicted molar refractivity (Wildman–Crippen MR) is 125 cm³/mol. The van der Waals surface area contributed by atoms with Crippen LogP contribution in [0.3, 0.4) is 0 Å². The number of carbonyl (C=O) groups excluding carboxylic acids is 2. The monoisotopic (exact) mass is 542 g/mol. The second kappa shape index (κ2) is 10.1. The fraction of sp³-hybridized carbons (Fsp3) is 0.480. The zero-order valence-corrected chi connectivity index (χ0v) is 20.8. The highest BCUT2D eigenvalue weighted by Crippen LogP contribution is 2.55. The second-order valence-corrected chi connectivity index (χ2v) is 9.92. The van der Waals surface area contributed by atoms with E-state index in [0.717, 1.165) is 25.1 Å². The Labute approximate surface area is 215 Å². The number of alkyl halides is 3. The van der Waals surface area contributed by atoms with Gasteiger partial charge in [0.2, 0.25) is 5.82 Å². The summed E-state index contributed by atoms with van der Waals surface area (Å²) in [5.41, 5.74) is 2.14. The number of pyridine rings is 1. The quantitative estimate of drug-likeness (QED) is 0.519. The van der Waals surface area contributed by atoms with Gasteiger partial charge in [0.1, 0.15) is 11.8 Å². The van der Waals surface area contributed by atoms with E-state index in [-0.39, 0.29) is 29.5 Å². The van der Waals surface area contributed by atoms with Crippen molar-refractivity contribution in [2.75, 3.05) is 32.1 Å². The van der Waals surface area contributed by atoms with Crippen LogP contribution >= 0.6 is 0 Å². The molecule has 2 amide bonds. The maximum absolute atomic E-state index is 15.0. The lowest BCUT2D eigenvalue weighted by atomic mass is 9.77. The first-order chi connectivity index (χ1) is 17.7. The zero-order valence-electron chi connectivity index (χ0n) is 20.8. The predicted octanol–water partition coefficient (Wildman–Crippen LogP) is 3.48. The van der Waals surface area contributed by atoms with Gasteiger partial charge in [0.15, 0.2) is 17.2 Å². The average Bonchev–Trinajstić information content (AvgIpc) is 3.10. The molecule has 0 aliphatic carbocycles. The molecule has 38 heavy (non-hydrogen) atoms. The van der Waals surface area contributed by atoms with Crippen LogP contribution in [0.15, 0.2) is 30.5 Å². The van der Waals surface area contributed by atoms with Gasteiger partial charge in [-0.05, 0) is 32.2 Å². The first-order valence-corrected chi connectivity index (χ1v) is 11.8. The first kappa shape index (κ1) is 27.7. The molecule has 8 nitrogen and oxygen atoms in total. The smallest absolute Gasteiger partial charge is 0.417 e. The van der Waals surface area contributed by atoms with E-state index in [1.54, 1.807) is 0 Å². The summed E-state index contributed by atoms with van der Waals surface area (Å²) in [4.78, 5) is 30.5. The van der Waals surface area contributed by atoms with E-state index in [2.05, 4.69) is 10.3 Å². The number of anilines is 1. The fourth-order valence-corrected chi connectivity index (χ4v) is 4.97. The molecule has 4 atom stereocenters. The van der Waals surface area contributed by atoms with E-state index < -0.39 is 58.9 Å². The van der Waals surface area contributed by atoms with E-state index >= 15 is 0 Å². The SMILES string of the molecule is C[C@H]1[C@@H](c2ccc(F)c(F)c2OCC2CN(C)C2)[C@H](C(=O)Nc2ccnc(C(N)=O)c2)O[C@@]1(C)C(F)(F)F. The van der Waals surface area contributed by atoms with Gasteiger partial charge in [0.25, 0.3) is 11.8 Å². The largest absolute Gasteiger partial charge is 0.490 e. The van der Waals surface area contributed by atoms with Gasteiger partial charge in [-0.1, -0.05) is 13.0 Å². The Morgan fingerprint density at radius 1 is 1.26 bits per heavy atom. The summed E-state index contributed by atoms with van der Waals surface area (Å²) in [7, 11) is 1.87. The lowest BCUT2D eigenvalue weighted by Gasteiger charge is -2.36. The van der Waals surface area contributed by atoms with Crippen LogP contribution in [0, 0.1) is 23.5 Å². The van der Waals surface area contributed by atoms with Crippen LogP contribution in [0.5, 0.6) is 5.75 Å². The van der Waals surface area contributed by atoms with Crippen molar-refractivity contribution in [1.29, 1.82) is 0 Å². The highest BCUT2D eigenvalue weighted by atomic mass is 19.4. The number of ether oxygens (including phenoxy) is 2. The molecule has 1 aromatic heterocycles. The summed E-state index contributed by atoms with van der Waals surface area (Å²) in [6.45, 7) is 3.37. The Morgan fingerprint density at radius 2 is 1.95 bits per heavy atom. The first-order valence-electron chi connectivity index (χ1n) is 11.8. The molecular weight excluding hydrogens is 515 g/mol. The van der Waals surface area contributed by atoms with Crippen LogP contribution in [0.1, 0.15) is 35.8 Å². The highest BCUT2D eigenvalue weighted by Gasteiger charge is 2.66. The Kier molecular flexibility index (Phi) is 7.36. The maximum atomic E-state index is 15.0. The summed E-state index contributed by atoms with van der Waals surface area (Å²) in [5.74, 6) is -7.77. The molecule has 0 saturated carbocycles. The number of nitrogens with two attached hydrogens (primary N) is 1. The number of carbonyl (C=O) groups is 2. The number of rotatable bonds is 7. The van der Waals surface area contributed by atoms with Crippen molar-refractivity contribution in [3.8, 4) is 5.75 Å². The number of aromatic nitrogens is 1. The summed E-state index contributed by atoms with van der Waals surface area (Å²) >= 11 is 0. The maximum Gasteiger partial charge on any atom is 0.417 e. The molecule has 1 aromatic carbocycles. The van der Waals surface area contributed by atoms with Crippen molar-refractivity contribution in [1.82, 2.24) is 9.88 Å². The van der Waals surface area contributed by atoms with Crippen molar-refractivity contribution in [2.24, 2.45) is 17.6 Å². The van der Waals surface area contributed by atoms with E-state index in [4.69, 9.17) is 15.2 Å². The number of amides is 2. The molecule has 206 valence electrons. The lowest BCUT2D eigenvalue weighted by Crippen LogP contribution is -2.47. The lowest BCUT2D eigenvalue weighted by molar-refractivity contribution is -0.272. The minimum atomic E-state index is -4.90. The number of hydrogen-bond donors (Lipinski definition) is 2. The third-order valence-corrected chi connectivity index (χ3v) is 7.25. The third-order valence-electron chi connectivity index (χ3n) is 7.25. The molecule has 2 saturated heterocycles. The van der Waals surface area contributed by atoms with Crippen LogP contribution in [0.25, 0.3) is 0 Å². The number of primary amides is 1. The number of nitrogens with one attached hydrogen (secondary N) is 1. The Balaban J connectivity index is 1.72. The van der Waals surface area contributed by atoms with Crippen molar-refractivity contribution in [2.45, 2.75) is 37.6 Å². The van der Waals surface area contributed by atoms with Gasteiger partial charge >= 0.3 is 6.18 Å². The Hall–Kier alpha value is -3.32. The van der Waals surface area contributed by atoms with E-state index in [1.165, 1.54) is 19.2 Å². The molecule has 2 aliphatic heterocycles. The number of benzene rings is 1. The Morgan fingerprint density at radius 3 is 2.55 bits per heavy atom. The number of likely N-dealkylation sites (tertiary alicyclic amines) is 1. The third kappa shape index (κ3) is 5.04. The molecule has 2 aromatic rings. The van der Waals surface area contributed by atoms with E-state index in [1.807, 2.05) is 11.9 Å². The molecule has 2 aliphatic rings. The molecule has 4 rings (SSSR count). The van der Waals surface area contributed by atoms with Gasteiger partial charge in [-0.25, -0.2) is 4.39 Å². The number of halogens is 5. The summed E-state index contributed by atoms with van der Waals surface area (Å²) in [6, 6.07) is 4.35. The molecule has 2 fully saturated rings. The van der Waals surface area contributed by atoms with Crippen LogP contribution in [-0.4, -0.2) is 66.3 Å². The zero-order chi connectivity index (χ0) is 28.0. The molecule has 3 heterocycles. The number of nitrogens with zero attached hydrogens (tertiary/aromatic N) is 2.